The molecule has 2 unspecified atom stereocenters. The highest BCUT2D eigenvalue weighted by molar-refractivity contribution is 7.71. The van der Waals surface area contributed by atoms with E-state index in [1.165, 1.54) is 38.5 Å². The van der Waals surface area contributed by atoms with Gasteiger partial charge in [-0.2, -0.15) is 0 Å². The summed E-state index contributed by atoms with van der Waals surface area (Å²) in [5.41, 5.74) is 0. The second-order valence-corrected chi connectivity index (χ2v) is 6.71. The molecule has 2 atom stereocenters. The van der Waals surface area contributed by atoms with E-state index in [0.29, 0.717) is 12.1 Å². The lowest BCUT2D eigenvalue weighted by molar-refractivity contribution is 0.376. The highest BCUT2D eigenvalue weighted by Crippen LogP contribution is 2.34. The van der Waals surface area contributed by atoms with Gasteiger partial charge in [0.25, 0.3) is 0 Å². The summed E-state index contributed by atoms with van der Waals surface area (Å²) in [5, 5.41) is 7.56. The molecule has 1 aromatic rings. The van der Waals surface area contributed by atoms with Crippen molar-refractivity contribution in [1.82, 2.24) is 14.8 Å². The van der Waals surface area contributed by atoms with Gasteiger partial charge < -0.3 is 4.90 Å². The predicted octanol–water partition coefficient (Wildman–Crippen LogP) is 3.68. The smallest absolute Gasteiger partial charge is 0.226 e. The summed E-state index contributed by atoms with van der Waals surface area (Å²) in [6.07, 6.45) is 7.72. The Labute approximate surface area is 120 Å². The van der Waals surface area contributed by atoms with Gasteiger partial charge in [0.2, 0.25) is 5.95 Å². The van der Waals surface area contributed by atoms with E-state index in [9.17, 15) is 0 Å². The SMILES string of the molecule is CC1CCC(C)N(c2n[nH]c(=S)n2C2CCCC2)C1. The molecule has 2 heterocycles. The quantitative estimate of drug-likeness (QED) is 0.840. The summed E-state index contributed by atoms with van der Waals surface area (Å²) in [5.74, 6) is 1.83. The van der Waals surface area contributed by atoms with E-state index in [1.807, 2.05) is 0 Å². The number of anilines is 1. The van der Waals surface area contributed by atoms with Crippen LogP contribution in [0.4, 0.5) is 5.95 Å². The molecular weight excluding hydrogens is 256 g/mol. The summed E-state index contributed by atoms with van der Waals surface area (Å²) in [6, 6.07) is 1.13. The number of H-pyrrole nitrogens is 1. The Morgan fingerprint density at radius 2 is 1.89 bits per heavy atom. The van der Waals surface area contributed by atoms with Crippen molar-refractivity contribution in [3.8, 4) is 0 Å². The van der Waals surface area contributed by atoms with Crippen molar-refractivity contribution in [2.45, 2.75) is 64.5 Å². The lowest BCUT2D eigenvalue weighted by Crippen LogP contribution is -2.42. The Morgan fingerprint density at radius 3 is 2.63 bits per heavy atom. The average molecular weight is 280 g/mol. The topological polar surface area (TPSA) is 36.9 Å². The lowest BCUT2D eigenvalue weighted by atomic mass is 9.95. The van der Waals surface area contributed by atoms with Crippen LogP contribution in [0.15, 0.2) is 0 Å². The number of aromatic nitrogens is 3. The normalized spacial score (nSPS) is 29.1. The van der Waals surface area contributed by atoms with Crippen LogP contribution in [0.5, 0.6) is 0 Å². The molecule has 2 aliphatic rings. The van der Waals surface area contributed by atoms with E-state index < -0.39 is 0 Å². The van der Waals surface area contributed by atoms with E-state index in [-0.39, 0.29) is 0 Å². The number of hydrogen-bond donors (Lipinski definition) is 1. The minimum atomic E-state index is 0.561. The Morgan fingerprint density at radius 1 is 1.16 bits per heavy atom. The van der Waals surface area contributed by atoms with Crippen molar-refractivity contribution in [1.29, 1.82) is 0 Å². The Balaban J connectivity index is 1.93. The van der Waals surface area contributed by atoms with Crippen molar-refractivity contribution in [3.05, 3.63) is 4.77 Å². The zero-order valence-corrected chi connectivity index (χ0v) is 12.7. The van der Waals surface area contributed by atoms with Gasteiger partial charge in [0.1, 0.15) is 0 Å². The van der Waals surface area contributed by atoms with Crippen LogP contribution in [-0.4, -0.2) is 27.4 Å². The van der Waals surface area contributed by atoms with Gasteiger partial charge in [-0.25, -0.2) is 5.10 Å². The van der Waals surface area contributed by atoms with Gasteiger partial charge in [-0.3, -0.25) is 4.57 Å². The van der Waals surface area contributed by atoms with Crippen molar-refractivity contribution < 1.29 is 0 Å². The minimum absolute atomic E-state index is 0.561. The number of nitrogens with zero attached hydrogens (tertiary/aromatic N) is 3. The van der Waals surface area contributed by atoms with E-state index in [1.54, 1.807) is 0 Å². The molecule has 106 valence electrons. The first kappa shape index (κ1) is 13.2. The summed E-state index contributed by atoms with van der Waals surface area (Å²) in [4.78, 5) is 2.46. The number of rotatable bonds is 2. The van der Waals surface area contributed by atoms with Crippen molar-refractivity contribution in [3.63, 3.8) is 0 Å². The molecule has 19 heavy (non-hydrogen) atoms. The summed E-state index contributed by atoms with van der Waals surface area (Å²) < 4.78 is 3.09. The van der Waals surface area contributed by atoms with Gasteiger partial charge in [-0.1, -0.05) is 19.8 Å². The first-order valence-corrected chi connectivity index (χ1v) is 8.01. The van der Waals surface area contributed by atoms with Gasteiger partial charge in [0.05, 0.1) is 0 Å². The Hall–Kier alpha value is -0.840. The van der Waals surface area contributed by atoms with Crippen LogP contribution < -0.4 is 4.90 Å². The molecule has 1 saturated heterocycles. The van der Waals surface area contributed by atoms with E-state index >= 15 is 0 Å². The standard InChI is InChI=1S/C14H24N4S/c1-10-7-8-11(2)17(9-10)13-15-16-14(19)18(13)12-5-3-4-6-12/h10-12H,3-9H2,1-2H3,(H,16,19). The highest BCUT2D eigenvalue weighted by atomic mass is 32.1. The fourth-order valence-electron chi connectivity index (χ4n) is 3.56. The van der Waals surface area contributed by atoms with Gasteiger partial charge in [0.15, 0.2) is 4.77 Å². The number of hydrogen-bond acceptors (Lipinski definition) is 3. The molecule has 0 radical (unpaired) electrons. The molecule has 1 N–H and O–H groups in total. The Bertz CT molecular complexity index is 486. The molecule has 1 aliphatic carbocycles. The van der Waals surface area contributed by atoms with Crippen LogP contribution in [0.2, 0.25) is 0 Å². The maximum absolute atomic E-state index is 5.47. The van der Waals surface area contributed by atoms with Crippen molar-refractivity contribution in [2.24, 2.45) is 5.92 Å². The number of aromatic amines is 1. The summed E-state index contributed by atoms with van der Waals surface area (Å²) >= 11 is 5.47. The second kappa shape index (κ2) is 5.27. The summed E-state index contributed by atoms with van der Waals surface area (Å²) in [6.45, 7) is 5.75. The highest BCUT2D eigenvalue weighted by Gasteiger charge is 2.29. The molecule has 4 nitrogen and oxygen atoms in total. The molecule has 1 saturated carbocycles. The van der Waals surface area contributed by atoms with Crippen LogP contribution in [0, 0.1) is 10.7 Å². The van der Waals surface area contributed by atoms with E-state index in [2.05, 4.69) is 33.5 Å². The van der Waals surface area contributed by atoms with Crippen LogP contribution in [0.1, 0.15) is 58.4 Å². The molecule has 3 rings (SSSR count). The average Bonchev–Trinajstić information content (AvgIpc) is 3.01. The van der Waals surface area contributed by atoms with Crippen molar-refractivity contribution in [2.75, 3.05) is 11.4 Å². The number of nitrogens with one attached hydrogen (secondary N) is 1. The van der Waals surface area contributed by atoms with Crippen LogP contribution in [0.3, 0.4) is 0 Å². The first-order chi connectivity index (χ1) is 9.16. The minimum Gasteiger partial charge on any atom is -0.338 e. The fraction of sp³-hybridized carbons (Fsp3) is 0.857. The second-order valence-electron chi connectivity index (χ2n) is 6.32. The monoisotopic (exact) mass is 280 g/mol. The third kappa shape index (κ3) is 2.45. The molecule has 0 aromatic carbocycles. The molecule has 0 amide bonds. The lowest BCUT2D eigenvalue weighted by Gasteiger charge is -2.38. The maximum atomic E-state index is 5.47. The molecule has 1 aromatic heterocycles. The van der Waals surface area contributed by atoms with Crippen molar-refractivity contribution >= 4 is 18.2 Å². The van der Waals surface area contributed by atoms with Gasteiger partial charge in [-0.15, -0.1) is 5.10 Å². The van der Waals surface area contributed by atoms with Gasteiger partial charge >= 0.3 is 0 Å². The zero-order valence-electron chi connectivity index (χ0n) is 11.9. The molecule has 0 bridgehead atoms. The molecule has 1 aliphatic heterocycles. The van der Waals surface area contributed by atoms with E-state index in [0.717, 1.165) is 23.2 Å². The van der Waals surface area contributed by atoms with Gasteiger partial charge in [-0.05, 0) is 50.7 Å². The fourth-order valence-corrected chi connectivity index (χ4v) is 3.83. The first-order valence-electron chi connectivity index (χ1n) is 7.60. The van der Waals surface area contributed by atoms with Crippen LogP contribution in [-0.2, 0) is 0 Å². The Kier molecular flexibility index (Phi) is 3.65. The molecule has 5 heteroatoms. The third-order valence-corrected chi connectivity index (χ3v) is 5.04. The molecular formula is C14H24N4S. The number of piperidine rings is 1. The maximum Gasteiger partial charge on any atom is 0.226 e. The zero-order chi connectivity index (χ0) is 13.4. The van der Waals surface area contributed by atoms with Crippen LogP contribution in [0.25, 0.3) is 0 Å². The molecule has 0 spiro atoms. The van der Waals surface area contributed by atoms with Crippen LogP contribution >= 0.6 is 12.2 Å². The summed E-state index contributed by atoms with van der Waals surface area (Å²) in [7, 11) is 0. The molecule has 2 fully saturated rings. The van der Waals surface area contributed by atoms with E-state index in [4.69, 9.17) is 12.2 Å². The largest absolute Gasteiger partial charge is 0.338 e. The predicted molar refractivity (Wildman–Crippen MR) is 80.1 cm³/mol. The van der Waals surface area contributed by atoms with Gasteiger partial charge in [0, 0.05) is 18.6 Å². The third-order valence-electron chi connectivity index (χ3n) is 4.75.